The maximum absolute atomic E-state index is 12.4. The van der Waals surface area contributed by atoms with Crippen LogP contribution in [-0.2, 0) is 17.1 Å². The molecule has 0 spiro atoms. The third-order valence-electron chi connectivity index (χ3n) is 3.90. The van der Waals surface area contributed by atoms with Gasteiger partial charge in [-0.1, -0.05) is 18.2 Å². The molecule has 0 bridgehead atoms. The van der Waals surface area contributed by atoms with Crippen LogP contribution in [0.15, 0.2) is 68.8 Å². The standard InChI is InChI=1S/C17H16BrN3O3S/c1-12-16(18)17(22)21(20(12)2)14-8-10-15(11-9-14)25(23,24)19-13-6-4-3-5-7-13/h3-11,19H,1-2H3. The molecule has 0 saturated heterocycles. The number of sulfonamides is 1. The van der Waals surface area contributed by atoms with Gasteiger partial charge in [0.05, 0.1) is 16.3 Å². The summed E-state index contributed by atoms with van der Waals surface area (Å²) in [6.45, 7) is 1.82. The van der Waals surface area contributed by atoms with Crippen molar-refractivity contribution in [2.75, 3.05) is 4.72 Å². The zero-order valence-corrected chi connectivity index (χ0v) is 16.0. The lowest BCUT2D eigenvalue weighted by Crippen LogP contribution is -2.20. The number of nitrogens with one attached hydrogen (secondary N) is 1. The molecule has 25 heavy (non-hydrogen) atoms. The van der Waals surface area contributed by atoms with Gasteiger partial charge in [0.1, 0.15) is 4.47 Å². The molecular weight excluding hydrogens is 406 g/mol. The summed E-state index contributed by atoms with van der Waals surface area (Å²) in [7, 11) is -1.92. The van der Waals surface area contributed by atoms with Gasteiger partial charge in [0.2, 0.25) is 0 Å². The lowest BCUT2D eigenvalue weighted by molar-refractivity contribution is 0.601. The molecule has 8 heteroatoms. The number of hydrogen-bond donors (Lipinski definition) is 1. The Kier molecular flexibility index (Phi) is 4.57. The molecule has 130 valence electrons. The van der Waals surface area contributed by atoms with Gasteiger partial charge < -0.3 is 0 Å². The van der Waals surface area contributed by atoms with Crippen molar-refractivity contribution < 1.29 is 8.42 Å². The van der Waals surface area contributed by atoms with Crippen LogP contribution in [0.4, 0.5) is 5.69 Å². The van der Waals surface area contributed by atoms with Crippen LogP contribution in [-0.4, -0.2) is 17.8 Å². The molecule has 1 N–H and O–H groups in total. The maximum atomic E-state index is 12.4. The van der Waals surface area contributed by atoms with Gasteiger partial charge in [-0.2, -0.15) is 0 Å². The molecule has 0 fully saturated rings. The SMILES string of the molecule is Cc1c(Br)c(=O)n(-c2ccc(S(=O)(=O)Nc3ccccc3)cc2)n1C. The molecule has 0 amide bonds. The highest BCUT2D eigenvalue weighted by Gasteiger charge is 2.17. The summed E-state index contributed by atoms with van der Waals surface area (Å²) in [6, 6.07) is 14.8. The number of halogens is 1. The highest BCUT2D eigenvalue weighted by molar-refractivity contribution is 9.10. The van der Waals surface area contributed by atoms with Crippen LogP contribution in [0.2, 0.25) is 0 Å². The van der Waals surface area contributed by atoms with E-state index >= 15 is 0 Å². The zero-order chi connectivity index (χ0) is 18.2. The van der Waals surface area contributed by atoms with Crippen molar-refractivity contribution in [2.45, 2.75) is 11.8 Å². The average Bonchev–Trinajstić information content (AvgIpc) is 2.79. The molecule has 0 unspecified atom stereocenters. The molecule has 0 aliphatic heterocycles. The largest absolute Gasteiger partial charge is 0.285 e. The monoisotopic (exact) mass is 421 g/mol. The number of rotatable bonds is 4. The van der Waals surface area contributed by atoms with Crippen LogP contribution in [0, 0.1) is 6.92 Å². The highest BCUT2D eigenvalue weighted by atomic mass is 79.9. The van der Waals surface area contributed by atoms with Gasteiger partial charge in [0, 0.05) is 12.7 Å². The van der Waals surface area contributed by atoms with E-state index in [-0.39, 0.29) is 10.5 Å². The van der Waals surface area contributed by atoms with Crippen LogP contribution in [0.5, 0.6) is 0 Å². The lowest BCUT2D eigenvalue weighted by Gasteiger charge is -2.11. The fourth-order valence-electron chi connectivity index (χ4n) is 2.45. The van der Waals surface area contributed by atoms with Gasteiger partial charge >= 0.3 is 0 Å². The van der Waals surface area contributed by atoms with Crippen molar-refractivity contribution in [1.82, 2.24) is 9.36 Å². The number of para-hydroxylation sites is 1. The summed E-state index contributed by atoms with van der Waals surface area (Å²) in [5.74, 6) is 0. The Bertz CT molecular complexity index is 1070. The second kappa shape index (κ2) is 6.53. The van der Waals surface area contributed by atoms with Gasteiger partial charge in [-0.25, -0.2) is 13.1 Å². The summed E-state index contributed by atoms with van der Waals surface area (Å²) in [5.41, 5.74) is 1.66. The Morgan fingerprint density at radius 1 is 1.00 bits per heavy atom. The van der Waals surface area contributed by atoms with Crippen LogP contribution in [0.1, 0.15) is 5.69 Å². The van der Waals surface area contributed by atoms with Crippen LogP contribution in [0.3, 0.4) is 0 Å². The fraction of sp³-hybridized carbons (Fsp3) is 0.118. The Morgan fingerprint density at radius 2 is 1.60 bits per heavy atom. The smallest absolute Gasteiger partial charge is 0.284 e. The van der Waals surface area contributed by atoms with Gasteiger partial charge in [-0.15, -0.1) is 0 Å². The molecule has 3 aromatic rings. The Labute approximate surface area is 153 Å². The number of anilines is 1. The van der Waals surface area contributed by atoms with Crippen LogP contribution < -0.4 is 10.3 Å². The molecule has 0 aliphatic rings. The van der Waals surface area contributed by atoms with E-state index in [1.165, 1.54) is 16.8 Å². The highest BCUT2D eigenvalue weighted by Crippen LogP contribution is 2.19. The first-order valence-corrected chi connectivity index (χ1v) is 9.71. The molecule has 0 radical (unpaired) electrons. The first kappa shape index (κ1) is 17.5. The normalized spacial score (nSPS) is 11.5. The van der Waals surface area contributed by atoms with Crippen LogP contribution >= 0.6 is 15.9 Å². The second-order valence-corrected chi connectivity index (χ2v) is 7.98. The van der Waals surface area contributed by atoms with Crippen molar-refractivity contribution in [1.29, 1.82) is 0 Å². The van der Waals surface area contributed by atoms with Crippen molar-refractivity contribution in [2.24, 2.45) is 7.05 Å². The molecule has 1 aromatic heterocycles. The molecule has 6 nitrogen and oxygen atoms in total. The van der Waals surface area contributed by atoms with Crippen molar-refractivity contribution in [3.05, 3.63) is 75.1 Å². The first-order valence-electron chi connectivity index (χ1n) is 7.43. The van der Waals surface area contributed by atoms with E-state index in [4.69, 9.17) is 0 Å². The third kappa shape index (κ3) is 3.27. The van der Waals surface area contributed by atoms with E-state index in [0.717, 1.165) is 5.69 Å². The molecule has 0 saturated carbocycles. The van der Waals surface area contributed by atoms with Crippen molar-refractivity contribution in [3.8, 4) is 5.69 Å². The van der Waals surface area contributed by atoms with Gasteiger partial charge in [0.25, 0.3) is 15.6 Å². The van der Waals surface area contributed by atoms with E-state index in [0.29, 0.717) is 15.8 Å². The van der Waals surface area contributed by atoms with Crippen molar-refractivity contribution in [3.63, 3.8) is 0 Å². The summed E-state index contributed by atoms with van der Waals surface area (Å²) in [6.07, 6.45) is 0. The zero-order valence-electron chi connectivity index (χ0n) is 13.6. The van der Waals surface area contributed by atoms with Crippen LogP contribution in [0.25, 0.3) is 5.69 Å². The predicted molar refractivity (Wildman–Crippen MR) is 101 cm³/mol. The second-order valence-electron chi connectivity index (χ2n) is 5.51. The minimum atomic E-state index is -3.69. The van der Waals surface area contributed by atoms with Crippen molar-refractivity contribution >= 4 is 31.6 Å². The molecule has 0 aliphatic carbocycles. The number of hydrogen-bond acceptors (Lipinski definition) is 3. The summed E-state index contributed by atoms with van der Waals surface area (Å²) in [4.78, 5) is 12.4. The Morgan fingerprint density at radius 3 is 2.12 bits per heavy atom. The number of nitrogens with zero attached hydrogens (tertiary/aromatic N) is 2. The molecule has 3 rings (SSSR count). The molecule has 2 aromatic carbocycles. The molecular formula is C17H16BrN3O3S. The first-order chi connectivity index (χ1) is 11.8. The van der Waals surface area contributed by atoms with Gasteiger partial charge in [-0.05, 0) is 59.3 Å². The summed E-state index contributed by atoms with van der Waals surface area (Å²) < 4.78 is 31.1. The molecule has 0 atom stereocenters. The van der Waals surface area contributed by atoms with E-state index in [1.54, 1.807) is 48.1 Å². The van der Waals surface area contributed by atoms with E-state index in [9.17, 15) is 13.2 Å². The average molecular weight is 422 g/mol. The van der Waals surface area contributed by atoms with E-state index in [2.05, 4.69) is 20.7 Å². The third-order valence-corrected chi connectivity index (χ3v) is 6.21. The van der Waals surface area contributed by atoms with Gasteiger partial charge in [-0.3, -0.25) is 14.2 Å². The summed E-state index contributed by atoms with van der Waals surface area (Å²) in [5, 5.41) is 0. The quantitative estimate of drug-likeness (QED) is 0.703. The lowest BCUT2D eigenvalue weighted by atomic mass is 10.3. The van der Waals surface area contributed by atoms with E-state index in [1.807, 2.05) is 13.0 Å². The van der Waals surface area contributed by atoms with E-state index < -0.39 is 10.0 Å². The summed E-state index contributed by atoms with van der Waals surface area (Å²) >= 11 is 3.27. The topological polar surface area (TPSA) is 73.1 Å². The fourth-order valence-corrected chi connectivity index (χ4v) is 3.94. The minimum absolute atomic E-state index is 0.123. The Hall–Kier alpha value is -2.32. The van der Waals surface area contributed by atoms with Gasteiger partial charge in [0.15, 0.2) is 0 Å². The predicted octanol–water partition coefficient (Wildman–Crippen LogP) is 3.05. The molecule has 1 heterocycles. The Balaban J connectivity index is 1.96. The minimum Gasteiger partial charge on any atom is -0.284 e. The number of benzene rings is 2. The number of aromatic nitrogens is 2. The maximum Gasteiger partial charge on any atom is 0.285 e.